The van der Waals surface area contributed by atoms with E-state index in [1.165, 1.54) is 36.2 Å². The quantitative estimate of drug-likeness (QED) is 0.553. The van der Waals surface area contributed by atoms with Gasteiger partial charge in [0.15, 0.2) is 5.82 Å². The van der Waals surface area contributed by atoms with Gasteiger partial charge in [-0.15, -0.1) is 0 Å². The number of nitrogens with zero attached hydrogens (tertiary/aromatic N) is 4. The number of nitrogens with two attached hydrogens (primary N) is 1. The van der Waals surface area contributed by atoms with Crippen LogP contribution in [0.4, 0.5) is 5.82 Å². The smallest absolute Gasteiger partial charge is 0.238 e. The van der Waals surface area contributed by atoms with Crippen LogP contribution in [-0.2, 0) is 34.1 Å². The number of anilines is 1. The Labute approximate surface area is 199 Å². The van der Waals surface area contributed by atoms with Crippen LogP contribution in [0.1, 0.15) is 42.5 Å². The molecule has 0 unspecified atom stereocenters. The van der Waals surface area contributed by atoms with E-state index in [0.717, 1.165) is 49.1 Å². The van der Waals surface area contributed by atoms with Gasteiger partial charge in [-0.1, -0.05) is 12.1 Å². The number of primary sulfonamides is 1. The Bertz CT molecular complexity index is 1300. The summed E-state index contributed by atoms with van der Waals surface area (Å²) in [5, 5.41) is 13.0. The Morgan fingerprint density at radius 1 is 1.15 bits per heavy atom. The molecule has 0 spiro atoms. The van der Waals surface area contributed by atoms with Crippen LogP contribution < -0.4 is 15.4 Å². The summed E-state index contributed by atoms with van der Waals surface area (Å²) in [6.45, 7) is 2.02. The van der Waals surface area contributed by atoms with Gasteiger partial charge in [-0.25, -0.2) is 23.1 Å². The van der Waals surface area contributed by atoms with Crippen molar-refractivity contribution in [2.75, 3.05) is 24.5 Å². The topological polar surface area (TPSA) is 123 Å². The molecule has 3 N–H and O–H groups in total. The minimum absolute atomic E-state index is 0.0494. The average Bonchev–Trinajstić information content (AvgIpc) is 3.23. The molecule has 3 aromatic rings. The predicted molar refractivity (Wildman–Crippen MR) is 129 cm³/mol. The van der Waals surface area contributed by atoms with Crippen molar-refractivity contribution in [2.45, 2.75) is 49.8 Å². The minimum Gasteiger partial charge on any atom is -0.355 e. The van der Waals surface area contributed by atoms with Crippen molar-refractivity contribution >= 4 is 27.3 Å². The van der Waals surface area contributed by atoms with Gasteiger partial charge in [0.2, 0.25) is 15.9 Å². The van der Waals surface area contributed by atoms with Crippen molar-refractivity contribution in [1.82, 2.24) is 19.9 Å². The lowest BCUT2D eigenvalue weighted by molar-refractivity contribution is -0.125. The molecule has 0 saturated carbocycles. The second kappa shape index (κ2) is 9.34. The van der Waals surface area contributed by atoms with Gasteiger partial charge in [-0.3, -0.25) is 4.79 Å². The molecule has 180 valence electrons. The molecule has 1 saturated heterocycles. The highest BCUT2D eigenvalue weighted by atomic mass is 32.2. The summed E-state index contributed by atoms with van der Waals surface area (Å²) in [6.07, 6.45) is 10.5. The Morgan fingerprint density at radius 3 is 2.74 bits per heavy atom. The number of rotatable bonds is 6. The largest absolute Gasteiger partial charge is 0.355 e. The van der Waals surface area contributed by atoms with Crippen LogP contribution in [0.5, 0.6) is 0 Å². The maximum Gasteiger partial charge on any atom is 0.238 e. The highest BCUT2D eigenvalue weighted by Gasteiger charge is 2.29. The standard InChI is InChI=1S/C24H30N6O3S/c25-34(32,33)19-9-7-17(8-10-19)11-12-27-24(31)18-4-3-14-29(16-18)23-22-20-5-1-2-6-21(20)28-30(22)15-13-26-23/h7-10,13,15,18H,1-6,11-12,14,16H2,(H,27,31)(H2,25,32,33)/t18-/m0/s1. The molecule has 3 heterocycles. The Balaban J connectivity index is 1.23. The summed E-state index contributed by atoms with van der Waals surface area (Å²) >= 11 is 0. The van der Waals surface area contributed by atoms with Crippen LogP contribution in [0.15, 0.2) is 41.6 Å². The molecular weight excluding hydrogens is 452 g/mol. The van der Waals surface area contributed by atoms with E-state index in [1.54, 1.807) is 18.3 Å². The van der Waals surface area contributed by atoms with Gasteiger partial charge in [0.1, 0.15) is 5.52 Å². The average molecular weight is 483 g/mol. The zero-order valence-corrected chi connectivity index (χ0v) is 19.9. The van der Waals surface area contributed by atoms with Gasteiger partial charge in [-0.2, -0.15) is 5.10 Å². The van der Waals surface area contributed by atoms with E-state index >= 15 is 0 Å². The monoisotopic (exact) mass is 482 g/mol. The molecule has 0 bridgehead atoms. The molecule has 1 atom stereocenters. The third-order valence-electron chi connectivity index (χ3n) is 6.86. The fourth-order valence-electron chi connectivity index (χ4n) is 5.08. The fourth-order valence-corrected chi connectivity index (χ4v) is 5.60. The van der Waals surface area contributed by atoms with E-state index in [4.69, 9.17) is 15.2 Å². The SMILES string of the molecule is NS(=O)(=O)c1ccc(CCNC(=O)[C@H]2CCCN(c3nccn4nc5c(c34)CCCC5)C2)cc1. The Morgan fingerprint density at radius 2 is 1.94 bits per heavy atom. The van der Waals surface area contributed by atoms with Crippen molar-refractivity contribution in [3.63, 3.8) is 0 Å². The zero-order chi connectivity index (χ0) is 23.7. The molecule has 10 heteroatoms. The first kappa shape index (κ1) is 22.8. The van der Waals surface area contributed by atoms with E-state index in [9.17, 15) is 13.2 Å². The molecule has 1 fully saturated rings. The van der Waals surface area contributed by atoms with Crippen molar-refractivity contribution in [1.29, 1.82) is 0 Å². The summed E-state index contributed by atoms with van der Waals surface area (Å²) in [5.74, 6) is 0.887. The lowest BCUT2D eigenvalue weighted by Gasteiger charge is -2.33. The highest BCUT2D eigenvalue weighted by molar-refractivity contribution is 7.89. The number of benzene rings is 1. The van der Waals surface area contributed by atoms with Crippen LogP contribution in [0, 0.1) is 5.92 Å². The highest BCUT2D eigenvalue weighted by Crippen LogP contribution is 2.32. The van der Waals surface area contributed by atoms with Crippen molar-refractivity contribution < 1.29 is 13.2 Å². The van der Waals surface area contributed by atoms with Gasteiger partial charge in [-0.05, 0) is 62.6 Å². The first-order valence-corrected chi connectivity index (χ1v) is 13.4. The molecule has 1 aliphatic heterocycles. The summed E-state index contributed by atoms with van der Waals surface area (Å²) in [5.41, 5.74) is 4.54. The molecule has 9 nitrogen and oxygen atoms in total. The number of nitrogens with one attached hydrogen (secondary N) is 1. The van der Waals surface area contributed by atoms with E-state index in [0.29, 0.717) is 19.5 Å². The number of hydrogen-bond acceptors (Lipinski definition) is 6. The maximum atomic E-state index is 12.9. The lowest BCUT2D eigenvalue weighted by atomic mass is 9.95. The van der Waals surface area contributed by atoms with E-state index in [-0.39, 0.29) is 16.7 Å². The summed E-state index contributed by atoms with van der Waals surface area (Å²) in [7, 11) is -3.70. The number of carbonyl (C=O) groups excluding carboxylic acids is 1. The summed E-state index contributed by atoms with van der Waals surface area (Å²) < 4.78 is 24.7. The van der Waals surface area contributed by atoms with Crippen LogP contribution in [0.25, 0.3) is 5.52 Å². The number of sulfonamides is 1. The van der Waals surface area contributed by atoms with Crippen molar-refractivity contribution in [2.24, 2.45) is 11.1 Å². The Kier molecular flexibility index (Phi) is 6.26. The molecular formula is C24H30N6O3S. The van der Waals surface area contributed by atoms with Crippen molar-refractivity contribution in [3.8, 4) is 0 Å². The number of hydrogen-bond donors (Lipinski definition) is 2. The summed E-state index contributed by atoms with van der Waals surface area (Å²) in [4.78, 5) is 20.0. The van der Waals surface area contributed by atoms with Crippen molar-refractivity contribution in [3.05, 3.63) is 53.5 Å². The number of fused-ring (bicyclic) bond motifs is 3. The minimum atomic E-state index is -3.70. The molecule has 0 radical (unpaired) electrons. The maximum absolute atomic E-state index is 12.9. The lowest BCUT2D eigenvalue weighted by Crippen LogP contribution is -2.44. The third kappa shape index (κ3) is 4.65. The number of aromatic nitrogens is 3. The van der Waals surface area contributed by atoms with Gasteiger partial charge >= 0.3 is 0 Å². The van der Waals surface area contributed by atoms with Crippen LogP contribution >= 0.6 is 0 Å². The predicted octanol–water partition coefficient (Wildman–Crippen LogP) is 1.83. The molecule has 2 aliphatic rings. The fraction of sp³-hybridized carbons (Fsp3) is 0.458. The summed E-state index contributed by atoms with van der Waals surface area (Å²) in [6, 6.07) is 6.45. The normalized spacial score (nSPS) is 18.6. The van der Waals surface area contributed by atoms with Gasteiger partial charge in [0.25, 0.3) is 0 Å². The van der Waals surface area contributed by atoms with Crippen LogP contribution in [0.3, 0.4) is 0 Å². The number of amides is 1. The molecule has 5 rings (SSSR count). The second-order valence-corrected chi connectivity index (χ2v) is 10.8. The van der Waals surface area contributed by atoms with Gasteiger partial charge in [0.05, 0.1) is 16.5 Å². The molecule has 1 aromatic carbocycles. The molecule has 34 heavy (non-hydrogen) atoms. The van der Waals surface area contributed by atoms with Crippen LogP contribution in [0.2, 0.25) is 0 Å². The number of piperidine rings is 1. The molecule has 1 aliphatic carbocycles. The number of carbonyl (C=O) groups is 1. The van der Waals surface area contributed by atoms with E-state index in [1.807, 2.05) is 10.7 Å². The van der Waals surface area contributed by atoms with Crippen LogP contribution in [-0.4, -0.2) is 48.6 Å². The molecule has 1 amide bonds. The van der Waals surface area contributed by atoms with E-state index < -0.39 is 10.0 Å². The third-order valence-corrected chi connectivity index (χ3v) is 7.78. The number of aryl methyl sites for hydroxylation is 2. The zero-order valence-electron chi connectivity index (χ0n) is 19.1. The molecule has 2 aromatic heterocycles. The first-order chi connectivity index (χ1) is 16.4. The second-order valence-electron chi connectivity index (χ2n) is 9.19. The Hall–Kier alpha value is -2.98. The first-order valence-electron chi connectivity index (χ1n) is 11.9. The van der Waals surface area contributed by atoms with E-state index in [2.05, 4.69) is 10.2 Å². The van der Waals surface area contributed by atoms with Gasteiger partial charge in [0, 0.05) is 37.6 Å². The van der Waals surface area contributed by atoms with Gasteiger partial charge < -0.3 is 10.2 Å².